The Bertz CT molecular complexity index is 505. The first-order chi connectivity index (χ1) is 8.39. The zero-order chi connectivity index (χ0) is 13.8. The second-order valence-electron chi connectivity index (χ2n) is 3.71. The van der Waals surface area contributed by atoms with Crippen LogP contribution in [0.4, 0.5) is 10.1 Å². The fraction of sp³-hybridized carbons (Fsp3) is 0.455. The van der Waals surface area contributed by atoms with Gasteiger partial charge < -0.3 is 10.5 Å². The standard InChI is InChI=1S/C11H17FN2O3S/c1-3-17-7-6-14(2)18(15,16)9-4-5-11(13)10(12)8-9/h4-5,8H,3,6-7,13H2,1-2H3. The molecule has 0 bridgehead atoms. The number of hydrogen-bond donors (Lipinski definition) is 1. The first-order valence-corrected chi connectivity index (χ1v) is 6.92. The topological polar surface area (TPSA) is 72.6 Å². The third-order valence-corrected chi connectivity index (χ3v) is 4.29. The van der Waals surface area contributed by atoms with Crippen molar-refractivity contribution in [2.45, 2.75) is 11.8 Å². The van der Waals surface area contributed by atoms with E-state index in [1.54, 1.807) is 0 Å². The number of halogens is 1. The maximum absolute atomic E-state index is 13.2. The molecule has 5 nitrogen and oxygen atoms in total. The lowest BCUT2D eigenvalue weighted by molar-refractivity contribution is 0.138. The van der Waals surface area contributed by atoms with Crippen LogP contribution in [0.3, 0.4) is 0 Å². The largest absolute Gasteiger partial charge is 0.396 e. The van der Waals surface area contributed by atoms with Gasteiger partial charge in [-0.25, -0.2) is 12.8 Å². The number of hydrogen-bond acceptors (Lipinski definition) is 4. The summed E-state index contributed by atoms with van der Waals surface area (Å²) in [5.41, 5.74) is 5.23. The highest BCUT2D eigenvalue weighted by Gasteiger charge is 2.21. The predicted molar refractivity (Wildman–Crippen MR) is 67.1 cm³/mol. The van der Waals surface area contributed by atoms with Crippen molar-refractivity contribution in [2.24, 2.45) is 0 Å². The lowest BCUT2D eigenvalue weighted by Crippen LogP contribution is -2.30. The molecule has 18 heavy (non-hydrogen) atoms. The van der Waals surface area contributed by atoms with Gasteiger partial charge in [-0.3, -0.25) is 0 Å². The zero-order valence-electron chi connectivity index (χ0n) is 10.4. The Morgan fingerprint density at radius 3 is 2.67 bits per heavy atom. The van der Waals surface area contributed by atoms with Crippen LogP contribution in [-0.4, -0.2) is 39.5 Å². The Morgan fingerprint density at radius 1 is 1.44 bits per heavy atom. The quantitative estimate of drug-likeness (QED) is 0.623. The van der Waals surface area contributed by atoms with E-state index in [-0.39, 0.29) is 17.1 Å². The SMILES string of the molecule is CCOCCN(C)S(=O)(=O)c1ccc(N)c(F)c1. The smallest absolute Gasteiger partial charge is 0.243 e. The van der Waals surface area contributed by atoms with E-state index in [1.807, 2.05) is 6.92 Å². The van der Waals surface area contributed by atoms with Crippen LogP contribution in [0, 0.1) is 5.82 Å². The molecule has 0 atom stereocenters. The van der Waals surface area contributed by atoms with Gasteiger partial charge in [0.1, 0.15) is 5.82 Å². The molecule has 0 aliphatic heterocycles. The number of nitrogen functional groups attached to an aromatic ring is 1. The second kappa shape index (κ2) is 6.12. The number of nitrogens with zero attached hydrogens (tertiary/aromatic N) is 1. The van der Waals surface area contributed by atoms with Crippen molar-refractivity contribution in [3.05, 3.63) is 24.0 Å². The van der Waals surface area contributed by atoms with Crippen LogP contribution >= 0.6 is 0 Å². The lowest BCUT2D eigenvalue weighted by Gasteiger charge is -2.17. The molecule has 0 radical (unpaired) electrons. The van der Waals surface area contributed by atoms with Crippen molar-refractivity contribution >= 4 is 15.7 Å². The lowest BCUT2D eigenvalue weighted by atomic mass is 10.3. The molecule has 0 aromatic heterocycles. The molecule has 0 saturated carbocycles. The van der Waals surface area contributed by atoms with E-state index >= 15 is 0 Å². The number of nitrogens with two attached hydrogens (primary N) is 1. The molecule has 0 aliphatic carbocycles. The summed E-state index contributed by atoms with van der Waals surface area (Å²) in [5, 5.41) is 0. The highest BCUT2D eigenvalue weighted by molar-refractivity contribution is 7.89. The summed E-state index contributed by atoms with van der Waals surface area (Å²) in [5.74, 6) is -0.741. The molecule has 0 spiro atoms. The molecule has 0 fully saturated rings. The molecule has 0 amide bonds. The average Bonchev–Trinajstić information content (AvgIpc) is 2.32. The van der Waals surface area contributed by atoms with Gasteiger partial charge in [-0.1, -0.05) is 0 Å². The summed E-state index contributed by atoms with van der Waals surface area (Å²) in [6.07, 6.45) is 0. The van der Waals surface area contributed by atoms with Crippen LogP contribution in [0.25, 0.3) is 0 Å². The summed E-state index contributed by atoms with van der Waals surface area (Å²) in [4.78, 5) is -0.117. The number of sulfonamides is 1. The van der Waals surface area contributed by atoms with Gasteiger partial charge in [-0.05, 0) is 25.1 Å². The van der Waals surface area contributed by atoms with E-state index in [9.17, 15) is 12.8 Å². The van der Waals surface area contributed by atoms with Crippen molar-refractivity contribution in [3.63, 3.8) is 0 Å². The Hall–Kier alpha value is -1.18. The van der Waals surface area contributed by atoms with Gasteiger partial charge in [-0.15, -0.1) is 0 Å². The number of likely N-dealkylation sites (N-methyl/N-ethyl adjacent to an activating group) is 1. The highest BCUT2D eigenvalue weighted by Crippen LogP contribution is 2.18. The summed E-state index contributed by atoms with van der Waals surface area (Å²) >= 11 is 0. The minimum atomic E-state index is -3.70. The Balaban J connectivity index is 2.88. The fourth-order valence-electron chi connectivity index (χ4n) is 1.31. The van der Waals surface area contributed by atoms with Crippen molar-refractivity contribution in [2.75, 3.05) is 32.5 Å². The van der Waals surface area contributed by atoms with Crippen LogP contribution < -0.4 is 5.73 Å². The van der Waals surface area contributed by atoms with Gasteiger partial charge in [0.15, 0.2) is 0 Å². The zero-order valence-corrected chi connectivity index (χ0v) is 11.2. The van der Waals surface area contributed by atoms with E-state index in [2.05, 4.69) is 0 Å². The number of benzene rings is 1. The third kappa shape index (κ3) is 3.41. The number of ether oxygens (including phenoxy) is 1. The van der Waals surface area contributed by atoms with Gasteiger partial charge in [-0.2, -0.15) is 4.31 Å². The van der Waals surface area contributed by atoms with E-state index in [0.29, 0.717) is 13.2 Å². The van der Waals surface area contributed by atoms with E-state index in [1.165, 1.54) is 19.2 Å². The Labute approximate surface area is 106 Å². The highest BCUT2D eigenvalue weighted by atomic mass is 32.2. The summed E-state index contributed by atoms with van der Waals surface area (Å²) in [7, 11) is -2.28. The fourth-order valence-corrected chi connectivity index (χ4v) is 2.47. The summed E-state index contributed by atoms with van der Waals surface area (Å²) in [6.45, 7) is 2.85. The Morgan fingerprint density at radius 2 is 2.11 bits per heavy atom. The molecule has 0 unspecified atom stereocenters. The van der Waals surface area contributed by atoms with Crippen molar-refractivity contribution in [1.82, 2.24) is 4.31 Å². The summed E-state index contributed by atoms with van der Waals surface area (Å²) < 4.78 is 43.5. The maximum atomic E-state index is 13.2. The molecule has 0 heterocycles. The van der Waals surface area contributed by atoms with Crippen molar-refractivity contribution in [3.8, 4) is 0 Å². The molecule has 1 aromatic carbocycles. The minimum Gasteiger partial charge on any atom is -0.396 e. The molecule has 0 aliphatic rings. The van der Waals surface area contributed by atoms with Crippen LogP contribution in [0.1, 0.15) is 6.92 Å². The van der Waals surface area contributed by atoms with Gasteiger partial charge in [0.25, 0.3) is 0 Å². The van der Waals surface area contributed by atoms with Crippen molar-refractivity contribution in [1.29, 1.82) is 0 Å². The molecular weight excluding hydrogens is 259 g/mol. The van der Waals surface area contributed by atoms with Crippen LogP contribution in [-0.2, 0) is 14.8 Å². The molecule has 2 N–H and O–H groups in total. The molecule has 102 valence electrons. The van der Waals surface area contributed by atoms with Crippen LogP contribution in [0.5, 0.6) is 0 Å². The van der Waals surface area contributed by atoms with E-state index in [4.69, 9.17) is 10.5 Å². The normalized spacial score (nSPS) is 12.0. The van der Waals surface area contributed by atoms with Gasteiger partial charge >= 0.3 is 0 Å². The first-order valence-electron chi connectivity index (χ1n) is 5.48. The van der Waals surface area contributed by atoms with E-state index < -0.39 is 15.8 Å². The molecule has 1 rings (SSSR count). The molecule has 1 aromatic rings. The van der Waals surface area contributed by atoms with Crippen LogP contribution in [0.2, 0.25) is 0 Å². The summed E-state index contributed by atoms with van der Waals surface area (Å²) in [6, 6.07) is 3.44. The van der Waals surface area contributed by atoms with Crippen molar-refractivity contribution < 1.29 is 17.5 Å². The van der Waals surface area contributed by atoms with Gasteiger partial charge in [0.2, 0.25) is 10.0 Å². The number of rotatable bonds is 6. The monoisotopic (exact) mass is 276 g/mol. The molecule has 7 heteroatoms. The van der Waals surface area contributed by atoms with E-state index in [0.717, 1.165) is 10.4 Å². The maximum Gasteiger partial charge on any atom is 0.243 e. The predicted octanol–water partition coefficient (Wildman–Crippen LogP) is 1.06. The minimum absolute atomic E-state index is 0.0779. The van der Waals surface area contributed by atoms with Crippen LogP contribution in [0.15, 0.2) is 23.1 Å². The third-order valence-electron chi connectivity index (χ3n) is 2.43. The number of anilines is 1. The van der Waals surface area contributed by atoms with Gasteiger partial charge in [0, 0.05) is 20.2 Å². The first kappa shape index (κ1) is 14.9. The van der Waals surface area contributed by atoms with Gasteiger partial charge in [0.05, 0.1) is 17.2 Å². The second-order valence-corrected chi connectivity index (χ2v) is 5.75. The molecular formula is C11H17FN2O3S. The Kier molecular flexibility index (Phi) is 5.06. The molecule has 0 saturated heterocycles. The average molecular weight is 276 g/mol.